The second-order valence-electron chi connectivity index (χ2n) is 4.14. The van der Waals surface area contributed by atoms with E-state index in [1.54, 1.807) is 11.9 Å². The van der Waals surface area contributed by atoms with E-state index in [0.29, 0.717) is 0 Å². The lowest BCUT2D eigenvalue weighted by Crippen LogP contribution is -2.41. The number of nitrogens with zero attached hydrogens (tertiary/aromatic N) is 2. The maximum absolute atomic E-state index is 4.09. The lowest BCUT2D eigenvalue weighted by molar-refractivity contribution is 0.260. The van der Waals surface area contributed by atoms with E-state index in [1.165, 1.54) is 18.5 Å². The molecule has 6 heteroatoms. The molecule has 0 saturated heterocycles. The van der Waals surface area contributed by atoms with E-state index in [-0.39, 0.29) is 24.0 Å². The number of fused-ring (bicyclic) bond motifs is 1. The van der Waals surface area contributed by atoms with Gasteiger partial charge in [0.2, 0.25) is 0 Å². The molecule has 0 aliphatic carbocycles. The van der Waals surface area contributed by atoms with Crippen LogP contribution in [-0.4, -0.2) is 44.6 Å². The van der Waals surface area contributed by atoms with Gasteiger partial charge in [0.25, 0.3) is 0 Å². The van der Waals surface area contributed by atoms with Crippen molar-refractivity contribution in [2.24, 2.45) is 4.99 Å². The summed E-state index contributed by atoms with van der Waals surface area (Å²) in [5, 5.41) is 8.51. The van der Waals surface area contributed by atoms with E-state index in [9.17, 15) is 0 Å². The van der Waals surface area contributed by atoms with Crippen LogP contribution in [0, 0.1) is 0 Å². The van der Waals surface area contributed by atoms with Gasteiger partial charge in [-0.2, -0.15) is 0 Å². The van der Waals surface area contributed by atoms with E-state index in [4.69, 9.17) is 0 Å². The van der Waals surface area contributed by atoms with Crippen LogP contribution in [0.4, 0.5) is 0 Å². The predicted octanol–water partition coefficient (Wildman–Crippen LogP) is 1.52. The van der Waals surface area contributed by atoms with Crippen LogP contribution in [0.2, 0.25) is 0 Å². The minimum atomic E-state index is 0. The number of aliphatic imine (C=N–C) groups is 1. The molecule has 2 heterocycles. The van der Waals surface area contributed by atoms with Crippen molar-refractivity contribution in [3.8, 4) is 0 Å². The Morgan fingerprint density at radius 1 is 1.56 bits per heavy atom. The molecule has 0 radical (unpaired) electrons. The highest BCUT2D eigenvalue weighted by Crippen LogP contribution is 2.23. The highest BCUT2D eigenvalue weighted by Gasteiger charge is 2.16. The number of halogens is 1. The first-order valence-corrected chi connectivity index (χ1v) is 6.87. The quantitative estimate of drug-likeness (QED) is 0.475. The molecule has 1 aliphatic heterocycles. The largest absolute Gasteiger partial charge is 0.359 e. The van der Waals surface area contributed by atoms with Crippen LogP contribution in [0.5, 0.6) is 0 Å². The normalized spacial score (nSPS) is 15.8. The summed E-state index contributed by atoms with van der Waals surface area (Å²) in [6, 6.07) is 2.26. The Morgan fingerprint density at radius 2 is 2.39 bits per heavy atom. The Bertz CT molecular complexity index is 391. The van der Waals surface area contributed by atoms with Gasteiger partial charge in [-0.15, -0.1) is 35.3 Å². The number of nitrogens with one attached hydrogen (secondary N) is 2. The molecule has 1 aromatic heterocycles. The van der Waals surface area contributed by atoms with Crippen LogP contribution in [0.1, 0.15) is 10.4 Å². The fourth-order valence-electron chi connectivity index (χ4n) is 2.11. The van der Waals surface area contributed by atoms with E-state index in [0.717, 1.165) is 25.6 Å². The number of hydrogen-bond acceptors (Lipinski definition) is 3. The van der Waals surface area contributed by atoms with Gasteiger partial charge in [0.15, 0.2) is 5.96 Å². The van der Waals surface area contributed by atoms with Crippen molar-refractivity contribution in [2.45, 2.75) is 13.0 Å². The first kappa shape index (κ1) is 15.7. The van der Waals surface area contributed by atoms with Crippen molar-refractivity contribution < 1.29 is 0 Å². The molecule has 0 fully saturated rings. The average Bonchev–Trinajstić information content (AvgIpc) is 2.82. The van der Waals surface area contributed by atoms with Crippen LogP contribution in [0.15, 0.2) is 16.4 Å². The Kier molecular flexibility index (Phi) is 6.95. The molecule has 0 atom stereocenters. The summed E-state index contributed by atoms with van der Waals surface area (Å²) >= 11 is 1.89. The maximum atomic E-state index is 4.09. The van der Waals surface area contributed by atoms with E-state index in [1.807, 2.05) is 18.4 Å². The topological polar surface area (TPSA) is 39.7 Å². The van der Waals surface area contributed by atoms with Gasteiger partial charge in [-0.1, -0.05) is 0 Å². The minimum absolute atomic E-state index is 0. The van der Waals surface area contributed by atoms with Crippen molar-refractivity contribution in [1.82, 2.24) is 15.5 Å². The van der Waals surface area contributed by atoms with Crippen molar-refractivity contribution >= 4 is 41.3 Å². The first-order chi connectivity index (χ1) is 8.33. The molecular formula is C12H21IN4S. The highest BCUT2D eigenvalue weighted by molar-refractivity contribution is 14.0. The van der Waals surface area contributed by atoms with Crippen LogP contribution >= 0.6 is 35.3 Å². The third-order valence-corrected chi connectivity index (χ3v) is 4.09. The summed E-state index contributed by atoms with van der Waals surface area (Å²) in [7, 11) is 3.67. The SMILES string of the molecule is CN=C(NC)NCCN1CCc2sccc2C1.I. The first-order valence-electron chi connectivity index (χ1n) is 5.99. The molecule has 4 nitrogen and oxygen atoms in total. The summed E-state index contributed by atoms with van der Waals surface area (Å²) < 4.78 is 0. The molecule has 0 unspecified atom stereocenters. The maximum Gasteiger partial charge on any atom is 0.190 e. The number of rotatable bonds is 3. The average molecular weight is 380 g/mol. The molecule has 1 aliphatic rings. The Hall–Kier alpha value is -0.340. The number of thiophene rings is 1. The smallest absolute Gasteiger partial charge is 0.190 e. The van der Waals surface area contributed by atoms with Crippen molar-refractivity contribution in [3.05, 3.63) is 21.9 Å². The molecular weight excluding hydrogens is 359 g/mol. The summed E-state index contributed by atoms with van der Waals surface area (Å²) in [6.07, 6.45) is 1.20. The van der Waals surface area contributed by atoms with Crippen LogP contribution in [0.3, 0.4) is 0 Å². The molecule has 0 spiro atoms. The summed E-state index contributed by atoms with van der Waals surface area (Å²) in [6.45, 7) is 4.27. The van der Waals surface area contributed by atoms with Crippen molar-refractivity contribution in [3.63, 3.8) is 0 Å². The second-order valence-corrected chi connectivity index (χ2v) is 5.14. The molecule has 0 bridgehead atoms. The zero-order valence-corrected chi connectivity index (χ0v) is 14.0. The van der Waals surface area contributed by atoms with Crippen LogP contribution < -0.4 is 10.6 Å². The standard InChI is InChI=1S/C12H20N4S.HI/c1-13-12(14-2)15-5-7-16-6-3-11-10(9-16)4-8-17-11;/h4,8H,3,5-7,9H2,1-2H3,(H2,13,14,15);1H. The third kappa shape index (κ3) is 4.10. The molecule has 0 aromatic carbocycles. The summed E-state index contributed by atoms with van der Waals surface area (Å²) in [4.78, 5) is 8.16. The van der Waals surface area contributed by atoms with Crippen LogP contribution in [-0.2, 0) is 13.0 Å². The second kappa shape index (κ2) is 7.96. The monoisotopic (exact) mass is 380 g/mol. The zero-order valence-electron chi connectivity index (χ0n) is 10.9. The third-order valence-electron chi connectivity index (χ3n) is 3.07. The molecule has 0 saturated carbocycles. The van der Waals surface area contributed by atoms with Gasteiger partial charge >= 0.3 is 0 Å². The predicted molar refractivity (Wildman–Crippen MR) is 89.1 cm³/mol. The van der Waals surface area contributed by atoms with E-state index >= 15 is 0 Å². The summed E-state index contributed by atoms with van der Waals surface area (Å²) in [5.41, 5.74) is 1.51. The van der Waals surface area contributed by atoms with E-state index < -0.39 is 0 Å². The number of hydrogen-bond donors (Lipinski definition) is 2. The fraction of sp³-hybridized carbons (Fsp3) is 0.583. The Morgan fingerprint density at radius 3 is 3.11 bits per heavy atom. The van der Waals surface area contributed by atoms with E-state index in [2.05, 4.69) is 32.0 Å². The van der Waals surface area contributed by atoms with Gasteiger partial charge in [-0.3, -0.25) is 9.89 Å². The Labute approximate surface area is 130 Å². The van der Waals surface area contributed by atoms with Gasteiger partial charge < -0.3 is 10.6 Å². The molecule has 1 aromatic rings. The van der Waals surface area contributed by atoms with Gasteiger partial charge in [0, 0.05) is 45.2 Å². The summed E-state index contributed by atoms with van der Waals surface area (Å²) in [5.74, 6) is 0.859. The van der Waals surface area contributed by atoms with Crippen LogP contribution in [0.25, 0.3) is 0 Å². The van der Waals surface area contributed by atoms with Crippen molar-refractivity contribution in [1.29, 1.82) is 0 Å². The lowest BCUT2D eigenvalue weighted by atomic mass is 10.1. The molecule has 2 N–H and O–H groups in total. The fourth-order valence-corrected chi connectivity index (χ4v) is 3.00. The van der Waals surface area contributed by atoms with Crippen molar-refractivity contribution in [2.75, 3.05) is 33.7 Å². The molecule has 18 heavy (non-hydrogen) atoms. The van der Waals surface area contributed by atoms with Gasteiger partial charge in [0.05, 0.1) is 0 Å². The van der Waals surface area contributed by atoms with Gasteiger partial charge in [-0.25, -0.2) is 0 Å². The molecule has 0 amide bonds. The molecule has 102 valence electrons. The van der Waals surface area contributed by atoms with Gasteiger partial charge in [-0.05, 0) is 23.4 Å². The molecule has 2 rings (SSSR count). The highest BCUT2D eigenvalue weighted by atomic mass is 127. The minimum Gasteiger partial charge on any atom is -0.359 e. The number of guanidine groups is 1. The van der Waals surface area contributed by atoms with Gasteiger partial charge in [0.1, 0.15) is 0 Å². The Balaban J connectivity index is 0.00000162. The lowest BCUT2D eigenvalue weighted by Gasteiger charge is -2.26. The zero-order chi connectivity index (χ0) is 12.1.